The Hall–Kier alpha value is -2.54. The molecule has 0 spiro atoms. The number of likely N-dealkylation sites (tertiary alicyclic amines) is 1. The van der Waals surface area contributed by atoms with Crippen LogP contribution in [0.3, 0.4) is 0 Å². The number of aromatic nitrogens is 5. The summed E-state index contributed by atoms with van der Waals surface area (Å²) in [5, 5.41) is 14.0. The SMILES string of the molecule is Cc1cc(C)c2[nH]c(=O)c([C@@H](c3nnnn3C3CCCC3)[NH+]3CCCC3)cc2c1. The molecule has 1 saturated carbocycles. The molecule has 1 aliphatic carbocycles. The first-order valence-corrected chi connectivity index (χ1v) is 10.9. The van der Waals surface area contributed by atoms with Crippen molar-refractivity contribution in [1.29, 1.82) is 0 Å². The number of H-pyrrole nitrogens is 1. The quantitative estimate of drug-likeness (QED) is 0.711. The highest BCUT2D eigenvalue weighted by atomic mass is 16.1. The van der Waals surface area contributed by atoms with Crippen LogP contribution in [-0.4, -0.2) is 38.3 Å². The van der Waals surface area contributed by atoms with Gasteiger partial charge < -0.3 is 9.88 Å². The Bertz CT molecular complexity index is 1090. The molecule has 1 atom stereocenters. The number of hydrogen-bond acceptors (Lipinski definition) is 4. The molecular formula is C22H29N6O+. The minimum Gasteiger partial charge on any atom is -0.322 e. The van der Waals surface area contributed by atoms with E-state index in [1.807, 2.05) is 4.68 Å². The zero-order chi connectivity index (χ0) is 20.0. The van der Waals surface area contributed by atoms with Gasteiger partial charge in [-0.2, -0.15) is 0 Å². The van der Waals surface area contributed by atoms with Crippen molar-refractivity contribution in [2.24, 2.45) is 0 Å². The number of rotatable bonds is 4. The third-order valence-corrected chi connectivity index (χ3v) is 6.73. The Morgan fingerprint density at radius 1 is 1.10 bits per heavy atom. The topological polar surface area (TPSA) is 80.9 Å². The molecule has 7 nitrogen and oxygen atoms in total. The van der Waals surface area contributed by atoms with E-state index in [9.17, 15) is 4.79 Å². The average Bonchev–Trinajstić information content (AvgIpc) is 3.46. The summed E-state index contributed by atoms with van der Waals surface area (Å²) < 4.78 is 2.02. The second-order valence-corrected chi connectivity index (χ2v) is 8.82. The van der Waals surface area contributed by atoms with Crippen molar-refractivity contribution in [3.05, 3.63) is 51.1 Å². The standard InChI is InChI=1S/C22H28N6O/c1-14-11-15(2)19-16(12-14)13-18(22(29)23-19)20(27-9-5-6-10-27)21-24-25-26-28(21)17-7-3-4-8-17/h11-13,17,20H,3-10H2,1-2H3,(H,23,29)/p+1/t20-/m0/s1. The third kappa shape index (κ3) is 3.27. The van der Waals surface area contributed by atoms with Gasteiger partial charge in [0.2, 0.25) is 5.82 Å². The van der Waals surface area contributed by atoms with Crippen LogP contribution in [0.1, 0.15) is 73.1 Å². The van der Waals surface area contributed by atoms with Gasteiger partial charge in [0, 0.05) is 12.8 Å². The molecule has 0 bridgehead atoms. The molecule has 2 N–H and O–H groups in total. The van der Waals surface area contributed by atoms with E-state index in [2.05, 4.69) is 52.6 Å². The first kappa shape index (κ1) is 18.5. The van der Waals surface area contributed by atoms with Gasteiger partial charge in [-0.1, -0.05) is 24.5 Å². The van der Waals surface area contributed by atoms with Gasteiger partial charge in [-0.05, 0) is 60.2 Å². The molecule has 1 saturated heterocycles. The lowest BCUT2D eigenvalue weighted by Crippen LogP contribution is -3.10. The van der Waals surface area contributed by atoms with Crippen LogP contribution in [0.4, 0.5) is 0 Å². The molecule has 2 fully saturated rings. The van der Waals surface area contributed by atoms with Gasteiger partial charge in [0.05, 0.1) is 30.2 Å². The first-order chi connectivity index (χ1) is 14.1. The van der Waals surface area contributed by atoms with E-state index < -0.39 is 0 Å². The number of nitrogens with one attached hydrogen (secondary N) is 2. The van der Waals surface area contributed by atoms with Crippen molar-refractivity contribution in [1.82, 2.24) is 25.2 Å². The fourth-order valence-corrected chi connectivity index (χ4v) is 5.38. The van der Waals surface area contributed by atoms with E-state index in [0.717, 1.165) is 53.8 Å². The highest BCUT2D eigenvalue weighted by Crippen LogP contribution is 2.31. The molecule has 0 amide bonds. The van der Waals surface area contributed by atoms with Gasteiger partial charge in [0.25, 0.3) is 5.56 Å². The van der Waals surface area contributed by atoms with Crippen LogP contribution in [0.25, 0.3) is 10.9 Å². The van der Waals surface area contributed by atoms with E-state index in [1.165, 1.54) is 36.1 Å². The van der Waals surface area contributed by atoms with Crippen molar-refractivity contribution in [3.8, 4) is 0 Å². The Balaban J connectivity index is 1.68. The summed E-state index contributed by atoms with van der Waals surface area (Å²) in [4.78, 5) is 17.8. The number of tetrazole rings is 1. The lowest BCUT2D eigenvalue weighted by atomic mass is 10.0. The van der Waals surface area contributed by atoms with Crippen LogP contribution in [0, 0.1) is 13.8 Å². The largest absolute Gasteiger partial charge is 0.322 e. The summed E-state index contributed by atoms with van der Waals surface area (Å²) in [6.07, 6.45) is 7.04. The Morgan fingerprint density at radius 3 is 2.62 bits per heavy atom. The number of pyridine rings is 1. The predicted molar refractivity (Wildman–Crippen MR) is 111 cm³/mol. The Kier molecular flexibility index (Phi) is 4.70. The van der Waals surface area contributed by atoms with Crippen molar-refractivity contribution < 1.29 is 4.90 Å². The molecule has 29 heavy (non-hydrogen) atoms. The second kappa shape index (κ2) is 7.37. The molecule has 3 aromatic rings. The van der Waals surface area contributed by atoms with Gasteiger partial charge in [-0.3, -0.25) is 4.79 Å². The maximum Gasteiger partial charge on any atom is 0.258 e. The lowest BCUT2D eigenvalue weighted by Gasteiger charge is -2.25. The highest BCUT2D eigenvalue weighted by molar-refractivity contribution is 5.83. The number of aromatic amines is 1. The number of aryl methyl sites for hydroxylation is 2. The summed E-state index contributed by atoms with van der Waals surface area (Å²) in [6, 6.07) is 6.58. The molecule has 1 aromatic carbocycles. The van der Waals surface area contributed by atoms with Crippen molar-refractivity contribution in [2.75, 3.05) is 13.1 Å². The first-order valence-electron chi connectivity index (χ1n) is 10.9. The summed E-state index contributed by atoms with van der Waals surface area (Å²) in [5.74, 6) is 0.850. The molecule has 2 aliphatic rings. The molecule has 0 unspecified atom stereocenters. The van der Waals surface area contributed by atoms with Crippen LogP contribution >= 0.6 is 0 Å². The average molecular weight is 394 g/mol. The smallest absolute Gasteiger partial charge is 0.258 e. The van der Waals surface area contributed by atoms with E-state index in [1.54, 1.807) is 0 Å². The van der Waals surface area contributed by atoms with Crippen LogP contribution in [-0.2, 0) is 0 Å². The normalized spacial score (nSPS) is 19.4. The summed E-state index contributed by atoms with van der Waals surface area (Å²) in [5.41, 5.74) is 4.00. The summed E-state index contributed by atoms with van der Waals surface area (Å²) in [6.45, 7) is 6.24. The van der Waals surface area contributed by atoms with Gasteiger partial charge in [-0.25, -0.2) is 4.68 Å². The molecular weight excluding hydrogens is 364 g/mol. The zero-order valence-electron chi connectivity index (χ0n) is 17.2. The number of fused-ring (bicyclic) bond motifs is 1. The fraction of sp³-hybridized carbons (Fsp3) is 0.545. The maximum atomic E-state index is 13.2. The molecule has 2 aromatic heterocycles. The van der Waals surface area contributed by atoms with Crippen LogP contribution in [0.5, 0.6) is 0 Å². The molecule has 1 aliphatic heterocycles. The summed E-state index contributed by atoms with van der Waals surface area (Å²) >= 11 is 0. The zero-order valence-corrected chi connectivity index (χ0v) is 17.2. The van der Waals surface area contributed by atoms with Crippen molar-refractivity contribution in [2.45, 2.75) is 64.5 Å². The van der Waals surface area contributed by atoms with Gasteiger partial charge in [0.15, 0.2) is 6.04 Å². The fourth-order valence-electron chi connectivity index (χ4n) is 5.38. The highest BCUT2D eigenvalue weighted by Gasteiger charge is 2.37. The number of nitrogens with zero attached hydrogens (tertiary/aromatic N) is 4. The van der Waals surface area contributed by atoms with Gasteiger partial charge in [0.1, 0.15) is 0 Å². The molecule has 0 radical (unpaired) electrons. The summed E-state index contributed by atoms with van der Waals surface area (Å²) in [7, 11) is 0. The lowest BCUT2D eigenvalue weighted by molar-refractivity contribution is -0.914. The minimum absolute atomic E-state index is 0.0187. The molecule has 5 rings (SSSR count). The van der Waals surface area contributed by atoms with Crippen LogP contribution in [0.2, 0.25) is 0 Å². The Morgan fingerprint density at radius 2 is 1.86 bits per heavy atom. The van der Waals surface area contributed by atoms with E-state index in [-0.39, 0.29) is 11.6 Å². The van der Waals surface area contributed by atoms with Gasteiger partial charge >= 0.3 is 0 Å². The monoisotopic (exact) mass is 393 g/mol. The maximum absolute atomic E-state index is 13.2. The molecule has 7 heteroatoms. The number of quaternary nitrogens is 1. The van der Waals surface area contributed by atoms with E-state index >= 15 is 0 Å². The number of benzene rings is 1. The molecule has 152 valence electrons. The van der Waals surface area contributed by atoms with Crippen LogP contribution < -0.4 is 10.5 Å². The number of hydrogen-bond donors (Lipinski definition) is 2. The minimum atomic E-state index is -0.123. The predicted octanol–water partition coefficient (Wildman–Crippen LogP) is 2.01. The Labute approximate surface area is 170 Å². The van der Waals surface area contributed by atoms with E-state index in [4.69, 9.17) is 0 Å². The third-order valence-electron chi connectivity index (χ3n) is 6.73. The van der Waals surface area contributed by atoms with E-state index in [0.29, 0.717) is 6.04 Å². The molecule has 3 heterocycles. The second-order valence-electron chi connectivity index (χ2n) is 8.82. The van der Waals surface area contributed by atoms with Gasteiger partial charge in [-0.15, -0.1) is 5.10 Å². The van der Waals surface area contributed by atoms with Crippen LogP contribution in [0.15, 0.2) is 23.0 Å². The van der Waals surface area contributed by atoms with Crippen molar-refractivity contribution in [3.63, 3.8) is 0 Å². The van der Waals surface area contributed by atoms with Crippen molar-refractivity contribution >= 4 is 10.9 Å².